The summed E-state index contributed by atoms with van der Waals surface area (Å²) in [5.41, 5.74) is 2.47. The molecule has 2 aromatic carbocycles. The van der Waals surface area contributed by atoms with E-state index >= 15 is 0 Å². The van der Waals surface area contributed by atoms with Gasteiger partial charge in [-0.2, -0.15) is 0 Å². The first-order chi connectivity index (χ1) is 13.1. The Balaban J connectivity index is 1.80. The fourth-order valence-electron chi connectivity index (χ4n) is 3.35. The van der Waals surface area contributed by atoms with Crippen LogP contribution >= 0.6 is 0 Å². The molecule has 7 nitrogen and oxygen atoms in total. The number of aromatic hydroxyl groups is 1. The minimum atomic E-state index is -0.227. The van der Waals surface area contributed by atoms with E-state index in [2.05, 4.69) is 10.3 Å². The van der Waals surface area contributed by atoms with Crippen LogP contribution < -0.4 is 14.8 Å². The predicted octanol–water partition coefficient (Wildman–Crippen LogP) is 3.07. The van der Waals surface area contributed by atoms with Crippen molar-refractivity contribution < 1.29 is 19.4 Å². The number of methoxy groups -OCH3 is 2. The molecule has 1 amide bonds. The van der Waals surface area contributed by atoms with Gasteiger partial charge in [0.05, 0.1) is 25.6 Å². The largest absolute Gasteiger partial charge is 0.504 e. The first-order valence-corrected chi connectivity index (χ1v) is 8.49. The third kappa shape index (κ3) is 2.97. The van der Waals surface area contributed by atoms with Crippen LogP contribution in [-0.4, -0.2) is 34.8 Å². The van der Waals surface area contributed by atoms with Crippen molar-refractivity contribution in [2.24, 2.45) is 0 Å². The van der Waals surface area contributed by atoms with Crippen molar-refractivity contribution in [3.63, 3.8) is 0 Å². The number of carbonyl (C=O) groups excluding carboxylic acids is 1. The number of hydrogen-bond donors (Lipinski definition) is 2. The highest BCUT2D eigenvalue weighted by Crippen LogP contribution is 2.40. The fraction of sp³-hybridized carbons (Fsp3) is 0.200. The van der Waals surface area contributed by atoms with Crippen molar-refractivity contribution in [1.82, 2.24) is 9.55 Å². The van der Waals surface area contributed by atoms with Gasteiger partial charge in [-0.25, -0.2) is 4.98 Å². The normalized spacial score (nSPS) is 15.8. The van der Waals surface area contributed by atoms with Gasteiger partial charge in [0.2, 0.25) is 5.91 Å². The average molecular weight is 365 g/mol. The molecule has 0 bridgehead atoms. The van der Waals surface area contributed by atoms with E-state index in [4.69, 9.17) is 9.47 Å². The Morgan fingerprint density at radius 2 is 2.04 bits per heavy atom. The second-order valence-electron chi connectivity index (χ2n) is 6.29. The fourth-order valence-corrected chi connectivity index (χ4v) is 3.35. The third-order valence-electron chi connectivity index (χ3n) is 4.71. The number of carbonyl (C=O) groups is 1. The minimum absolute atomic E-state index is 0.0589. The van der Waals surface area contributed by atoms with Gasteiger partial charge in [0.1, 0.15) is 17.9 Å². The Bertz CT molecular complexity index is 1010. The van der Waals surface area contributed by atoms with Crippen LogP contribution in [0.15, 0.2) is 48.8 Å². The predicted molar refractivity (Wildman–Crippen MR) is 99.9 cm³/mol. The zero-order chi connectivity index (χ0) is 19.0. The topological polar surface area (TPSA) is 85.6 Å². The molecule has 0 fully saturated rings. The summed E-state index contributed by atoms with van der Waals surface area (Å²) in [6.07, 6.45) is 1.96. The van der Waals surface area contributed by atoms with Crippen LogP contribution in [0.3, 0.4) is 0 Å². The first-order valence-electron chi connectivity index (χ1n) is 8.49. The molecule has 0 spiro atoms. The van der Waals surface area contributed by atoms with E-state index in [9.17, 15) is 9.90 Å². The van der Waals surface area contributed by atoms with E-state index in [0.717, 1.165) is 22.7 Å². The molecule has 1 atom stereocenters. The smallest absolute Gasteiger partial charge is 0.226 e. The summed E-state index contributed by atoms with van der Waals surface area (Å²) in [4.78, 5) is 16.9. The van der Waals surface area contributed by atoms with Crippen LogP contribution in [0.25, 0.3) is 5.69 Å². The molecule has 27 heavy (non-hydrogen) atoms. The molecule has 1 aliphatic rings. The van der Waals surface area contributed by atoms with Gasteiger partial charge in [-0.1, -0.05) is 12.1 Å². The number of fused-ring (bicyclic) bond motifs is 1. The monoisotopic (exact) mass is 365 g/mol. The molecule has 3 aromatic rings. The summed E-state index contributed by atoms with van der Waals surface area (Å²) < 4.78 is 12.3. The van der Waals surface area contributed by atoms with Gasteiger partial charge in [0.25, 0.3) is 0 Å². The van der Waals surface area contributed by atoms with Gasteiger partial charge in [-0.3, -0.25) is 9.36 Å². The number of aromatic nitrogens is 2. The molecule has 0 saturated carbocycles. The van der Waals surface area contributed by atoms with Gasteiger partial charge in [0.15, 0.2) is 11.5 Å². The van der Waals surface area contributed by atoms with E-state index in [0.29, 0.717) is 11.6 Å². The maximum absolute atomic E-state index is 12.4. The number of hydrogen-bond acceptors (Lipinski definition) is 5. The minimum Gasteiger partial charge on any atom is -0.504 e. The van der Waals surface area contributed by atoms with Crippen LogP contribution in [0.2, 0.25) is 0 Å². The van der Waals surface area contributed by atoms with E-state index in [1.807, 2.05) is 28.8 Å². The summed E-state index contributed by atoms with van der Waals surface area (Å²) in [6.45, 7) is 0. The molecular formula is C20H19N3O4. The molecule has 138 valence electrons. The van der Waals surface area contributed by atoms with E-state index < -0.39 is 0 Å². The highest BCUT2D eigenvalue weighted by Gasteiger charge is 2.31. The maximum Gasteiger partial charge on any atom is 0.226 e. The van der Waals surface area contributed by atoms with Gasteiger partial charge in [0, 0.05) is 18.4 Å². The van der Waals surface area contributed by atoms with Gasteiger partial charge >= 0.3 is 0 Å². The molecule has 2 N–H and O–H groups in total. The van der Waals surface area contributed by atoms with Crippen LogP contribution in [0.1, 0.15) is 23.6 Å². The van der Waals surface area contributed by atoms with Crippen LogP contribution in [0.4, 0.5) is 5.82 Å². The first kappa shape index (κ1) is 17.0. The molecule has 7 heteroatoms. The van der Waals surface area contributed by atoms with Crippen molar-refractivity contribution in [1.29, 1.82) is 0 Å². The number of benzene rings is 2. The van der Waals surface area contributed by atoms with E-state index in [1.165, 1.54) is 7.11 Å². The zero-order valence-corrected chi connectivity index (χ0v) is 15.0. The Labute approximate surface area is 156 Å². The standard InChI is InChI=1S/C20H19N3O4/c1-26-14-5-3-4-13(9-14)23-11-21-19-15(10-18(25)22-20(19)23)12-6-7-16(24)17(8-12)27-2/h3-9,11,15,24H,10H2,1-2H3,(H,22,25). The van der Waals surface area contributed by atoms with E-state index in [-0.39, 0.29) is 24.0 Å². The SMILES string of the molecule is COc1cccc(-n2cnc3c2NC(=O)CC3c2ccc(O)c(OC)c2)c1. The van der Waals surface area contributed by atoms with Crippen molar-refractivity contribution in [2.45, 2.75) is 12.3 Å². The summed E-state index contributed by atoms with van der Waals surface area (Å²) in [5.74, 6) is 1.46. The third-order valence-corrected chi connectivity index (χ3v) is 4.71. The van der Waals surface area contributed by atoms with Gasteiger partial charge in [-0.05, 0) is 29.8 Å². The van der Waals surface area contributed by atoms with Crippen LogP contribution in [0, 0.1) is 0 Å². The quantitative estimate of drug-likeness (QED) is 0.742. The molecule has 1 unspecified atom stereocenters. The molecule has 4 rings (SSSR count). The number of imidazole rings is 1. The highest BCUT2D eigenvalue weighted by atomic mass is 16.5. The van der Waals surface area contributed by atoms with Crippen LogP contribution in [0.5, 0.6) is 17.2 Å². The molecule has 0 aliphatic carbocycles. The van der Waals surface area contributed by atoms with E-state index in [1.54, 1.807) is 31.6 Å². The van der Waals surface area contributed by atoms with Crippen molar-refractivity contribution >= 4 is 11.7 Å². The lowest BCUT2D eigenvalue weighted by molar-refractivity contribution is -0.116. The van der Waals surface area contributed by atoms with Crippen molar-refractivity contribution in [2.75, 3.05) is 19.5 Å². The number of anilines is 1. The Hall–Kier alpha value is -3.48. The van der Waals surface area contributed by atoms with Crippen molar-refractivity contribution in [3.05, 3.63) is 60.0 Å². The highest BCUT2D eigenvalue weighted by molar-refractivity contribution is 5.94. The van der Waals surface area contributed by atoms with Gasteiger partial charge in [-0.15, -0.1) is 0 Å². The zero-order valence-electron chi connectivity index (χ0n) is 15.0. The average Bonchev–Trinajstić information content (AvgIpc) is 3.11. The number of amides is 1. The number of phenolic OH excluding ortho intramolecular Hbond substituents is 1. The number of nitrogens with zero attached hydrogens (tertiary/aromatic N) is 2. The summed E-state index contributed by atoms with van der Waals surface area (Å²) in [5, 5.41) is 12.8. The van der Waals surface area contributed by atoms with Crippen molar-refractivity contribution in [3.8, 4) is 22.9 Å². The molecule has 0 saturated heterocycles. The Morgan fingerprint density at radius 1 is 1.19 bits per heavy atom. The lowest BCUT2D eigenvalue weighted by Crippen LogP contribution is -2.24. The Kier molecular flexibility index (Phi) is 4.19. The molecule has 2 heterocycles. The summed E-state index contributed by atoms with van der Waals surface area (Å²) in [6, 6.07) is 12.6. The maximum atomic E-state index is 12.4. The second-order valence-corrected chi connectivity index (χ2v) is 6.29. The van der Waals surface area contributed by atoms with Crippen LogP contribution in [-0.2, 0) is 4.79 Å². The Morgan fingerprint density at radius 3 is 2.81 bits per heavy atom. The molecule has 1 aromatic heterocycles. The number of nitrogens with one attached hydrogen (secondary N) is 1. The molecule has 1 aliphatic heterocycles. The summed E-state index contributed by atoms with van der Waals surface area (Å²) >= 11 is 0. The lowest BCUT2D eigenvalue weighted by atomic mass is 9.89. The summed E-state index contributed by atoms with van der Waals surface area (Å²) in [7, 11) is 3.11. The molecule has 0 radical (unpaired) electrons. The lowest BCUT2D eigenvalue weighted by Gasteiger charge is -2.24. The second kappa shape index (κ2) is 6.68. The number of ether oxygens (including phenoxy) is 2. The molecular weight excluding hydrogens is 346 g/mol. The van der Waals surface area contributed by atoms with Gasteiger partial charge < -0.3 is 19.9 Å². The number of phenols is 1. The number of rotatable bonds is 4.